The third-order valence-corrected chi connectivity index (χ3v) is 5.28. The molecule has 0 amide bonds. The molecule has 4 rings (SSSR count). The average molecular weight is 330 g/mol. The molecule has 0 atom stereocenters. The first kappa shape index (κ1) is 15.8. The normalized spacial score (nSPS) is 18.8. The number of fused-ring (bicyclic) bond motifs is 1. The largest absolute Gasteiger partial charge is 0.272 e. The van der Waals surface area contributed by atoms with Crippen molar-refractivity contribution in [3.63, 3.8) is 0 Å². The van der Waals surface area contributed by atoms with Crippen molar-refractivity contribution in [3.05, 3.63) is 78.0 Å². The highest BCUT2D eigenvalue weighted by Gasteiger charge is 2.42. The summed E-state index contributed by atoms with van der Waals surface area (Å²) in [7, 11) is 2.15. The van der Waals surface area contributed by atoms with Crippen LogP contribution in [0.5, 0.6) is 0 Å². The van der Waals surface area contributed by atoms with Gasteiger partial charge < -0.3 is 0 Å². The van der Waals surface area contributed by atoms with Crippen LogP contribution in [0.2, 0.25) is 0 Å². The Kier molecular flexibility index (Phi) is 3.79. The van der Waals surface area contributed by atoms with E-state index < -0.39 is 0 Å². The minimum atomic E-state index is 0.00748. The molecule has 25 heavy (non-hydrogen) atoms. The third kappa shape index (κ3) is 2.70. The molecule has 2 aromatic rings. The van der Waals surface area contributed by atoms with Crippen molar-refractivity contribution in [3.8, 4) is 0 Å². The molecule has 0 N–H and O–H groups in total. The van der Waals surface area contributed by atoms with Crippen LogP contribution >= 0.6 is 0 Å². The molecule has 2 aliphatic heterocycles. The van der Waals surface area contributed by atoms with Crippen LogP contribution in [0, 0.1) is 0 Å². The van der Waals surface area contributed by atoms with Crippen molar-refractivity contribution in [2.24, 2.45) is 5.10 Å². The second kappa shape index (κ2) is 5.99. The van der Waals surface area contributed by atoms with Crippen LogP contribution in [0.3, 0.4) is 0 Å². The highest BCUT2D eigenvalue weighted by molar-refractivity contribution is 6.03. The van der Waals surface area contributed by atoms with Crippen LogP contribution in [0.1, 0.15) is 31.4 Å². The minimum absolute atomic E-state index is 0.00748. The van der Waals surface area contributed by atoms with Crippen LogP contribution < -0.4 is 0 Å². The highest BCUT2D eigenvalue weighted by atomic mass is 15.5. The lowest BCUT2D eigenvalue weighted by molar-refractivity contribution is -0.401. The summed E-state index contributed by atoms with van der Waals surface area (Å²) in [6, 6.07) is 19.1. The standard InChI is InChI=1S/C22H24N3/c1-22(2)18-11-7-8-12-20(18)24(3)21(22)14-16-25-15-13-19(23-25)17-9-5-4-6-10-17/h4-12,14,16H,13,15H2,1-3H3/q+1. The number of rotatable bonds is 3. The van der Waals surface area contributed by atoms with Gasteiger partial charge in [-0.15, -0.1) is 0 Å². The fraction of sp³-hybridized carbons (Fsp3) is 0.273. The number of para-hydroxylation sites is 1. The van der Waals surface area contributed by atoms with Gasteiger partial charge in [0.05, 0.1) is 11.1 Å². The average Bonchev–Trinajstić information content (AvgIpc) is 3.17. The van der Waals surface area contributed by atoms with Crippen LogP contribution in [-0.2, 0) is 5.41 Å². The molecule has 2 aliphatic rings. The minimum Gasteiger partial charge on any atom is -0.272 e. The van der Waals surface area contributed by atoms with Gasteiger partial charge in [-0.05, 0) is 19.4 Å². The first-order chi connectivity index (χ1) is 12.1. The first-order valence-electron chi connectivity index (χ1n) is 8.86. The lowest BCUT2D eigenvalue weighted by Gasteiger charge is -2.15. The van der Waals surface area contributed by atoms with E-state index in [1.54, 1.807) is 0 Å². The van der Waals surface area contributed by atoms with E-state index in [-0.39, 0.29) is 5.41 Å². The molecule has 0 saturated heterocycles. The molecule has 0 aliphatic carbocycles. The lowest BCUT2D eigenvalue weighted by atomic mass is 9.81. The Labute approximate surface area is 149 Å². The third-order valence-electron chi connectivity index (χ3n) is 5.28. The van der Waals surface area contributed by atoms with Gasteiger partial charge in [-0.3, -0.25) is 5.01 Å². The van der Waals surface area contributed by atoms with Crippen LogP contribution in [0.4, 0.5) is 5.69 Å². The molecular formula is C22H24N3+. The van der Waals surface area contributed by atoms with Crippen LogP contribution in [-0.4, -0.2) is 34.6 Å². The quantitative estimate of drug-likeness (QED) is 0.767. The Balaban J connectivity index is 1.59. The lowest BCUT2D eigenvalue weighted by Crippen LogP contribution is -2.27. The summed E-state index contributed by atoms with van der Waals surface area (Å²) >= 11 is 0. The maximum atomic E-state index is 4.77. The molecule has 3 nitrogen and oxygen atoms in total. The molecule has 0 saturated carbocycles. The summed E-state index contributed by atoms with van der Waals surface area (Å²) in [5, 5.41) is 6.83. The number of hydrogen-bond donors (Lipinski definition) is 0. The molecule has 0 fully saturated rings. The molecule has 0 unspecified atom stereocenters. The van der Waals surface area contributed by atoms with Gasteiger partial charge in [0, 0.05) is 36.9 Å². The molecule has 0 aromatic heterocycles. The Morgan fingerprint density at radius 1 is 1.04 bits per heavy atom. The summed E-state index contributed by atoms with van der Waals surface area (Å²) in [6.07, 6.45) is 5.33. The monoisotopic (exact) mass is 330 g/mol. The molecule has 0 radical (unpaired) electrons. The summed E-state index contributed by atoms with van der Waals surface area (Å²) in [6.45, 7) is 5.51. The Hall–Kier alpha value is -2.68. The van der Waals surface area contributed by atoms with Crippen molar-refractivity contribution in [2.45, 2.75) is 25.7 Å². The highest BCUT2D eigenvalue weighted by Crippen LogP contribution is 2.38. The molecule has 2 aromatic carbocycles. The van der Waals surface area contributed by atoms with Crippen molar-refractivity contribution in [1.82, 2.24) is 5.01 Å². The van der Waals surface area contributed by atoms with Crippen molar-refractivity contribution < 1.29 is 4.58 Å². The van der Waals surface area contributed by atoms with Crippen LogP contribution in [0.25, 0.3) is 0 Å². The van der Waals surface area contributed by atoms with Gasteiger partial charge in [-0.25, -0.2) is 0 Å². The molecule has 0 spiro atoms. The van der Waals surface area contributed by atoms with Crippen LogP contribution in [0.15, 0.2) is 72.0 Å². The predicted octanol–water partition coefficient (Wildman–Crippen LogP) is 4.32. The second-order valence-electron chi connectivity index (χ2n) is 7.23. The smallest absolute Gasteiger partial charge is 0.209 e. The maximum Gasteiger partial charge on any atom is 0.209 e. The molecular weight excluding hydrogens is 306 g/mol. The van der Waals surface area contributed by atoms with Crippen molar-refractivity contribution >= 4 is 17.1 Å². The topological polar surface area (TPSA) is 18.6 Å². The number of hydrogen-bond acceptors (Lipinski definition) is 2. The van der Waals surface area contributed by atoms with Gasteiger partial charge in [-0.2, -0.15) is 9.68 Å². The van der Waals surface area contributed by atoms with E-state index in [0.717, 1.165) is 18.7 Å². The van der Waals surface area contributed by atoms with Gasteiger partial charge >= 0.3 is 0 Å². The van der Waals surface area contributed by atoms with E-state index in [4.69, 9.17) is 5.10 Å². The molecule has 0 bridgehead atoms. The van der Waals surface area contributed by atoms with E-state index in [0.29, 0.717) is 0 Å². The van der Waals surface area contributed by atoms with E-state index >= 15 is 0 Å². The summed E-state index contributed by atoms with van der Waals surface area (Å²) in [5.41, 5.74) is 6.37. The Morgan fingerprint density at radius 3 is 2.52 bits per heavy atom. The fourth-order valence-corrected chi connectivity index (χ4v) is 3.87. The Morgan fingerprint density at radius 2 is 1.76 bits per heavy atom. The van der Waals surface area contributed by atoms with Crippen molar-refractivity contribution in [2.75, 3.05) is 13.6 Å². The summed E-state index contributed by atoms with van der Waals surface area (Å²) in [5.74, 6) is 0. The van der Waals surface area contributed by atoms with E-state index in [9.17, 15) is 0 Å². The molecule has 126 valence electrons. The van der Waals surface area contributed by atoms with E-state index in [1.165, 1.54) is 22.5 Å². The Bertz CT molecular complexity index is 888. The predicted molar refractivity (Wildman–Crippen MR) is 104 cm³/mol. The summed E-state index contributed by atoms with van der Waals surface area (Å²) in [4.78, 5) is 0. The molecule has 3 heteroatoms. The molecule has 2 heterocycles. The zero-order valence-electron chi connectivity index (χ0n) is 15.1. The van der Waals surface area contributed by atoms with E-state index in [1.807, 2.05) is 6.07 Å². The van der Waals surface area contributed by atoms with Gasteiger partial charge in [-0.1, -0.05) is 48.5 Å². The van der Waals surface area contributed by atoms with Gasteiger partial charge in [0.15, 0.2) is 5.71 Å². The summed E-state index contributed by atoms with van der Waals surface area (Å²) < 4.78 is 2.30. The number of nitrogens with zero attached hydrogens (tertiary/aromatic N) is 3. The zero-order valence-corrected chi connectivity index (χ0v) is 15.1. The maximum absolute atomic E-state index is 4.77. The van der Waals surface area contributed by atoms with Gasteiger partial charge in [0.2, 0.25) is 5.69 Å². The van der Waals surface area contributed by atoms with Gasteiger partial charge in [0.1, 0.15) is 7.05 Å². The van der Waals surface area contributed by atoms with E-state index in [2.05, 4.69) is 91.3 Å². The first-order valence-corrected chi connectivity index (χ1v) is 8.86. The zero-order chi connectivity index (χ0) is 17.4. The number of allylic oxidation sites excluding steroid dienone is 1. The number of hydrazone groups is 1. The SMILES string of the molecule is C[N+]1=C(/C=C/N2CCC(c3ccccc3)=N2)C(C)(C)c2ccccc21. The number of benzene rings is 2. The van der Waals surface area contributed by atoms with Crippen molar-refractivity contribution in [1.29, 1.82) is 0 Å². The second-order valence-corrected chi connectivity index (χ2v) is 7.23. The fourth-order valence-electron chi connectivity index (χ4n) is 3.87. The van der Waals surface area contributed by atoms with Gasteiger partial charge in [0.25, 0.3) is 0 Å².